The summed E-state index contributed by atoms with van der Waals surface area (Å²) in [6, 6.07) is 7.24. The zero-order valence-electron chi connectivity index (χ0n) is 8.74. The van der Waals surface area contributed by atoms with Crippen LogP contribution in [0, 0.1) is 0 Å². The van der Waals surface area contributed by atoms with Crippen LogP contribution in [0.5, 0.6) is 0 Å². The molecular formula is C11H14N2O2. The summed E-state index contributed by atoms with van der Waals surface area (Å²) in [6.45, 7) is 3.40. The summed E-state index contributed by atoms with van der Waals surface area (Å²) in [4.78, 5) is 11.7. The van der Waals surface area contributed by atoms with Gasteiger partial charge in [0.05, 0.1) is 11.7 Å². The van der Waals surface area contributed by atoms with Crippen molar-refractivity contribution < 1.29 is 9.90 Å². The number of rotatable bonds is 1. The smallest absolute Gasteiger partial charge is 0.255 e. The minimum atomic E-state index is -0.800. The van der Waals surface area contributed by atoms with Crippen LogP contribution in [0.3, 0.4) is 0 Å². The van der Waals surface area contributed by atoms with Crippen molar-refractivity contribution in [3.63, 3.8) is 0 Å². The summed E-state index contributed by atoms with van der Waals surface area (Å²) in [7, 11) is 0. The first-order valence-electron chi connectivity index (χ1n) is 4.91. The Morgan fingerprint density at radius 2 is 2.00 bits per heavy atom. The fraction of sp³-hybridized carbons (Fsp3) is 0.364. The number of para-hydroxylation sites is 1. The zero-order valence-corrected chi connectivity index (χ0v) is 8.74. The van der Waals surface area contributed by atoms with Crippen molar-refractivity contribution in [2.75, 3.05) is 5.32 Å². The standard InChI is InChI=1S/C11H14N2O2/c1-7(14)11(2)12-9-6-4-3-5-8(9)10(15)13-11/h3-7,12,14H,1-2H3,(H,13,15). The maximum atomic E-state index is 11.7. The first-order chi connectivity index (χ1) is 7.03. The van der Waals surface area contributed by atoms with E-state index in [1.807, 2.05) is 18.2 Å². The molecule has 1 aliphatic rings. The van der Waals surface area contributed by atoms with Gasteiger partial charge in [-0.1, -0.05) is 12.1 Å². The van der Waals surface area contributed by atoms with Crippen LogP contribution in [0.1, 0.15) is 24.2 Å². The van der Waals surface area contributed by atoms with Gasteiger partial charge in [-0.25, -0.2) is 0 Å². The fourth-order valence-corrected chi connectivity index (χ4v) is 1.61. The number of carbonyl (C=O) groups excluding carboxylic acids is 1. The number of hydrogen-bond acceptors (Lipinski definition) is 3. The Balaban J connectivity index is 2.42. The van der Waals surface area contributed by atoms with E-state index >= 15 is 0 Å². The molecule has 2 atom stereocenters. The molecule has 2 unspecified atom stereocenters. The Morgan fingerprint density at radius 1 is 1.33 bits per heavy atom. The molecule has 0 spiro atoms. The molecule has 1 aromatic carbocycles. The molecule has 4 heteroatoms. The molecule has 0 aliphatic carbocycles. The minimum Gasteiger partial charge on any atom is -0.389 e. The van der Waals surface area contributed by atoms with Crippen LogP contribution in [0.2, 0.25) is 0 Å². The number of nitrogens with one attached hydrogen (secondary N) is 2. The first kappa shape index (κ1) is 9.98. The van der Waals surface area contributed by atoms with Gasteiger partial charge in [-0.2, -0.15) is 0 Å². The number of hydrogen-bond donors (Lipinski definition) is 3. The maximum Gasteiger partial charge on any atom is 0.255 e. The van der Waals surface area contributed by atoms with Gasteiger partial charge >= 0.3 is 0 Å². The Labute approximate surface area is 88.3 Å². The number of carbonyl (C=O) groups is 1. The lowest BCUT2D eigenvalue weighted by atomic mass is 10.00. The van der Waals surface area contributed by atoms with Gasteiger partial charge in [0.25, 0.3) is 5.91 Å². The molecule has 0 bridgehead atoms. The van der Waals surface area contributed by atoms with Gasteiger partial charge in [0, 0.05) is 5.69 Å². The summed E-state index contributed by atoms with van der Waals surface area (Å²) < 4.78 is 0. The highest BCUT2D eigenvalue weighted by atomic mass is 16.3. The number of fused-ring (bicyclic) bond motifs is 1. The van der Waals surface area contributed by atoms with Crippen molar-refractivity contribution in [2.45, 2.75) is 25.6 Å². The van der Waals surface area contributed by atoms with E-state index in [9.17, 15) is 9.90 Å². The second-order valence-electron chi connectivity index (χ2n) is 4.00. The van der Waals surface area contributed by atoms with Crippen LogP contribution in [0.4, 0.5) is 5.69 Å². The Kier molecular flexibility index (Phi) is 2.16. The van der Waals surface area contributed by atoms with Crippen LogP contribution >= 0.6 is 0 Å². The third kappa shape index (κ3) is 1.57. The molecule has 4 nitrogen and oxygen atoms in total. The van der Waals surface area contributed by atoms with Gasteiger partial charge in [-0.3, -0.25) is 4.79 Å². The molecule has 1 heterocycles. The van der Waals surface area contributed by atoms with E-state index in [4.69, 9.17) is 0 Å². The Bertz CT molecular complexity index is 403. The quantitative estimate of drug-likeness (QED) is 0.640. The van der Waals surface area contributed by atoms with Gasteiger partial charge in [0.1, 0.15) is 5.66 Å². The van der Waals surface area contributed by atoms with Crippen LogP contribution in [-0.4, -0.2) is 22.8 Å². The van der Waals surface area contributed by atoms with Gasteiger partial charge in [0.2, 0.25) is 0 Å². The van der Waals surface area contributed by atoms with Crippen LogP contribution < -0.4 is 10.6 Å². The van der Waals surface area contributed by atoms with Gasteiger partial charge in [-0.05, 0) is 26.0 Å². The summed E-state index contributed by atoms with van der Waals surface area (Å²) in [5, 5.41) is 15.5. The second-order valence-corrected chi connectivity index (χ2v) is 4.00. The van der Waals surface area contributed by atoms with E-state index in [0.717, 1.165) is 5.69 Å². The summed E-state index contributed by atoms with van der Waals surface area (Å²) in [6.07, 6.45) is -0.671. The van der Waals surface area contributed by atoms with Crippen LogP contribution in [-0.2, 0) is 0 Å². The molecular weight excluding hydrogens is 192 g/mol. The molecule has 3 N–H and O–H groups in total. The lowest BCUT2D eigenvalue weighted by Crippen LogP contribution is -2.61. The summed E-state index contributed by atoms with van der Waals surface area (Å²) >= 11 is 0. The topological polar surface area (TPSA) is 61.4 Å². The van der Waals surface area contributed by atoms with E-state index in [-0.39, 0.29) is 5.91 Å². The van der Waals surface area contributed by atoms with E-state index in [1.165, 1.54) is 0 Å². The Morgan fingerprint density at radius 3 is 2.67 bits per heavy atom. The number of benzene rings is 1. The lowest BCUT2D eigenvalue weighted by Gasteiger charge is -2.39. The van der Waals surface area contributed by atoms with Gasteiger partial charge in [0.15, 0.2) is 0 Å². The molecule has 15 heavy (non-hydrogen) atoms. The largest absolute Gasteiger partial charge is 0.389 e. The van der Waals surface area contributed by atoms with Crippen molar-refractivity contribution in [2.24, 2.45) is 0 Å². The highest BCUT2D eigenvalue weighted by molar-refractivity contribution is 6.02. The molecule has 1 aliphatic heterocycles. The normalized spacial score (nSPS) is 26.2. The number of aliphatic hydroxyl groups excluding tert-OH is 1. The lowest BCUT2D eigenvalue weighted by molar-refractivity contribution is 0.0711. The van der Waals surface area contributed by atoms with Crippen molar-refractivity contribution in [3.05, 3.63) is 29.8 Å². The van der Waals surface area contributed by atoms with Crippen molar-refractivity contribution in [1.29, 1.82) is 0 Å². The van der Waals surface area contributed by atoms with Gasteiger partial charge < -0.3 is 15.7 Å². The molecule has 2 rings (SSSR count). The number of aliphatic hydroxyl groups is 1. The van der Waals surface area contributed by atoms with E-state index in [2.05, 4.69) is 10.6 Å². The van der Waals surface area contributed by atoms with Crippen molar-refractivity contribution >= 4 is 11.6 Å². The number of anilines is 1. The zero-order chi connectivity index (χ0) is 11.1. The summed E-state index contributed by atoms with van der Waals surface area (Å²) in [5.41, 5.74) is 0.561. The van der Waals surface area contributed by atoms with Gasteiger partial charge in [-0.15, -0.1) is 0 Å². The average Bonchev–Trinajstić information content (AvgIpc) is 2.17. The van der Waals surface area contributed by atoms with Crippen LogP contribution in [0.25, 0.3) is 0 Å². The molecule has 0 saturated heterocycles. The maximum absolute atomic E-state index is 11.7. The average molecular weight is 206 g/mol. The van der Waals surface area contributed by atoms with Crippen LogP contribution in [0.15, 0.2) is 24.3 Å². The Hall–Kier alpha value is -1.55. The highest BCUT2D eigenvalue weighted by Gasteiger charge is 2.36. The summed E-state index contributed by atoms with van der Waals surface area (Å²) in [5.74, 6) is -0.159. The molecule has 80 valence electrons. The monoisotopic (exact) mass is 206 g/mol. The predicted octanol–water partition coefficient (Wildman–Crippen LogP) is 0.939. The third-order valence-corrected chi connectivity index (χ3v) is 2.77. The second kappa shape index (κ2) is 3.24. The minimum absolute atomic E-state index is 0.159. The first-order valence-corrected chi connectivity index (χ1v) is 4.91. The molecule has 0 saturated carbocycles. The molecule has 0 aromatic heterocycles. The molecule has 1 amide bonds. The van der Waals surface area contributed by atoms with E-state index < -0.39 is 11.8 Å². The molecule has 0 fully saturated rings. The van der Waals surface area contributed by atoms with Crippen molar-refractivity contribution in [1.82, 2.24) is 5.32 Å². The predicted molar refractivity (Wildman–Crippen MR) is 57.6 cm³/mol. The SMILES string of the molecule is CC(O)C1(C)NC(=O)c2ccccc2N1. The van der Waals surface area contributed by atoms with Crippen molar-refractivity contribution in [3.8, 4) is 0 Å². The third-order valence-electron chi connectivity index (χ3n) is 2.77. The van der Waals surface area contributed by atoms with E-state index in [0.29, 0.717) is 5.56 Å². The molecule has 0 radical (unpaired) electrons. The molecule has 1 aromatic rings. The van der Waals surface area contributed by atoms with E-state index in [1.54, 1.807) is 19.9 Å². The highest BCUT2D eigenvalue weighted by Crippen LogP contribution is 2.25. The number of amides is 1. The fourth-order valence-electron chi connectivity index (χ4n) is 1.61.